The second kappa shape index (κ2) is 5.46. The van der Waals surface area contributed by atoms with E-state index in [2.05, 4.69) is 14.1 Å². The Labute approximate surface area is 108 Å². The highest BCUT2D eigenvalue weighted by Crippen LogP contribution is 2.32. The van der Waals surface area contributed by atoms with Crippen molar-refractivity contribution in [3.05, 3.63) is 23.8 Å². The molecule has 0 unspecified atom stereocenters. The number of hydrogen-bond donors (Lipinski definition) is 2. The van der Waals surface area contributed by atoms with Gasteiger partial charge in [-0.2, -0.15) is 4.37 Å². The molecule has 1 aromatic carbocycles. The van der Waals surface area contributed by atoms with E-state index in [1.165, 1.54) is 6.07 Å². The quantitative estimate of drug-likeness (QED) is 0.637. The second-order valence-electron chi connectivity index (χ2n) is 3.34. The number of hydrogen-bond acceptors (Lipinski definition) is 7. The summed E-state index contributed by atoms with van der Waals surface area (Å²) >= 11 is 1.00. The fraction of sp³-hybridized carbons (Fsp3) is 0.182. The van der Waals surface area contributed by atoms with Crippen molar-refractivity contribution in [3.63, 3.8) is 0 Å². The molecule has 1 heterocycles. The maximum absolute atomic E-state index is 10.7. The highest BCUT2D eigenvalue weighted by Gasteiger charge is 2.12. The molecule has 0 aliphatic heterocycles. The number of anilines is 2. The molecule has 2 aromatic rings. The number of rotatable bonds is 5. The van der Waals surface area contributed by atoms with Gasteiger partial charge in [0.15, 0.2) is 6.29 Å². The number of phenolic OH excluding ortho intramolecular Hbond substituents is 1. The highest BCUT2D eigenvalue weighted by atomic mass is 32.1. The van der Waals surface area contributed by atoms with E-state index < -0.39 is 0 Å². The number of para-hydroxylation sites is 1. The van der Waals surface area contributed by atoms with Gasteiger partial charge in [0.25, 0.3) is 5.88 Å². The summed E-state index contributed by atoms with van der Waals surface area (Å²) in [5.74, 6) is 0.668. The third-order valence-corrected chi connectivity index (χ3v) is 2.70. The van der Waals surface area contributed by atoms with Gasteiger partial charge in [0.2, 0.25) is 5.82 Å². The van der Waals surface area contributed by atoms with Gasteiger partial charge in [0, 0.05) is 0 Å². The van der Waals surface area contributed by atoms with E-state index in [0.29, 0.717) is 30.3 Å². The summed E-state index contributed by atoms with van der Waals surface area (Å²) in [7, 11) is 0. The van der Waals surface area contributed by atoms with Gasteiger partial charge in [0.1, 0.15) is 5.75 Å². The van der Waals surface area contributed by atoms with Crippen molar-refractivity contribution in [2.75, 3.05) is 11.9 Å². The zero-order valence-corrected chi connectivity index (χ0v) is 10.4. The predicted molar refractivity (Wildman–Crippen MR) is 67.9 cm³/mol. The van der Waals surface area contributed by atoms with Gasteiger partial charge in [-0.15, -0.1) is 4.37 Å². The van der Waals surface area contributed by atoms with Crippen LogP contribution in [-0.2, 0) is 0 Å². The summed E-state index contributed by atoms with van der Waals surface area (Å²) in [5, 5.41) is 12.7. The van der Waals surface area contributed by atoms with Crippen molar-refractivity contribution in [2.45, 2.75) is 6.92 Å². The van der Waals surface area contributed by atoms with Crippen LogP contribution < -0.4 is 10.1 Å². The summed E-state index contributed by atoms with van der Waals surface area (Å²) in [4.78, 5) is 10.7. The third-order valence-electron chi connectivity index (χ3n) is 2.19. The molecule has 2 N–H and O–H groups in total. The van der Waals surface area contributed by atoms with Gasteiger partial charge >= 0.3 is 0 Å². The Morgan fingerprint density at radius 2 is 2.33 bits per heavy atom. The van der Waals surface area contributed by atoms with Crippen LogP contribution >= 0.6 is 11.7 Å². The third kappa shape index (κ3) is 2.40. The van der Waals surface area contributed by atoms with Gasteiger partial charge in [-0.25, -0.2) is 0 Å². The van der Waals surface area contributed by atoms with E-state index in [1.807, 2.05) is 6.92 Å². The number of nitrogens with zero attached hydrogens (tertiary/aromatic N) is 2. The predicted octanol–water partition coefficient (Wildman–Crippen LogP) is 2.20. The minimum Gasteiger partial charge on any atom is -0.505 e. The lowest BCUT2D eigenvalue weighted by Gasteiger charge is -2.08. The summed E-state index contributed by atoms with van der Waals surface area (Å²) in [6, 6.07) is 4.82. The largest absolute Gasteiger partial charge is 0.505 e. The van der Waals surface area contributed by atoms with E-state index in [4.69, 9.17) is 4.74 Å². The van der Waals surface area contributed by atoms with Crippen molar-refractivity contribution in [2.24, 2.45) is 0 Å². The normalized spacial score (nSPS) is 10.1. The van der Waals surface area contributed by atoms with E-state index in [1.54, 1.807) is 12.1 Å². The lowest BCUT2D eigenvalue weighted by atomic mass is 10.2. The smallest absolute Gasteiger partial charge is 0.271 e. The first kappa shape index (κ1) is 12.3. The first-order valence-electron chi connectivity index (χ1n) is 5.25. The minimum absolute atomic E-state index is 0.122. The first-order chi connectivity index (χ1) is 8.76. The van der Waals surface area contributed by atoms with Crippen LogP contribution in [0.25, 0.3) is 0 Å². The molecule has 0 radical (unpaired) electrons. The Kier molecular flexibility index (Phi) is 3.73. The summed E-state index contributed by atoms with van der Waals surface area (Å²) in [6.07, 6.45) is 0.587. The maximum atomic E-state index is 10.7. The van der Waals surface area contributed by atoms with Crippen molar-refractivity contribution < 1.29 is 14.6 Å². The molecule has 0 aliphatic carbocycles. The van der Waals surface area contributed by atoms with Crippen molar-refractivity contribution in [1.29, 1.82) is 0 Å². The molecule has 0 bridgehead atoms. The average molecular weight is 265 g/mol. The lowest BCUT2D eigenvalue weighted by molar-refractivity contribution is 0.112. The molecule has 0 amide bonds. The van der Waals surface area contributed by atoms with Gasteiger partial charge in [-0.05, 0) is 19.1 Å². The molecule has 0 aliphatic rings. The molecule has 0 atom stereocenters. The SMILES string of the molecule is CCOc1nsnc1Nc1cccc(C=O)c1O. The van der Waals surface area contributed by atoms with Crippen LogP contribution in [0.4, 0.5) is 11.5 Å². The van der Waals surface area contributed by atoms with Crippen molar-refractivity contribution in [3.8, 4) is 11.6 Å². The number of phenols is 1. The molecule has 0 saturated heterocycles. The Bertz CT molecular complexity index is 556. The van der Waals surface area contributed by atoms with Crippen LogP contribution in [0.2, 0.25) is 0 Å². The van der Waals surface area contributed by atoms with Gasteiger partial charge in [0.05, 0.1) is 29.6 Å². The zero-order valence-electron chi connectivity index (χ0n) is 9.58. The second-order valence-corrected chi connectivity index (χ2v) is 3.87. The van der Waals surface area contributed by atoms with Gasteiger partial charge in [-0.3, -0.25) is 4.79 Å². The summed E-state index contributed by atoms with van der Waals surface area (Å²) in [6.45, 7) is 2.31. The fourth-order valence-electron chi connectivity index (χ4n) is 1.37. The van der Waals surface area contributed by atoms with Crippen LogP contribution in [0.15, 0.2) is 18.2 Å². The zero-order chi connectivity index (χ0) is 13.0. The van der Waals surface area contributed by atoms with Crippen LogP contribution in [0.5, 0.6) is 11.6 Å². The molecule has 6 nitrogen and oxygen atoms in total. The van der Waals surface area contributed by atoms with Gasteiger partial charge in [-0.1, -0.05) is 6.07 Å². The number of aromatic nitrogens is 2. The van der Waals surface area contributed by atoms with E-state index in [-0.39, 0.29) is 11.3 Å². The molecular formula is C11H11N3O3S. The molecule has 0 spiro atoms. The number of ether oxygens (including phenoxy) is 1. The standard InChI is InChI=1S/C11H11N3O3S/c1-2-17-11-10(13-18-14-11)12-8-5-3-4-7(6-15)9(8)16/h3-6,16H,2H2,1H3,(H,12,13). The monoisotopic (exact) mass is 265 g/mol. The number of aldehydes is 1. The number of carbonyl (C=O) groups excluding carboxylic acids is 1. The number of benzene rings is 1. The number of nitrogens with one attached hydrogen (secondary N) is 1. The summed E-state index contributed by atoms with van der Waals surface area (Å²) in [5.41, 5.74) is 0.592. The molecule has 1 aromatic heterocycles. The Hall–Kier alpha value is -2.15. The first-order valence-corrected chi connectivity index (χ1v) is 5.98. The molecule has 94 valence electrons. The van der Waals surface area contributed by atoms with Crippen molar-refractivity contribution >= 4 is 29.5 Å². The topological polar surface area (TPSA) is 84.3 Å². The van der Waals surface area contributed by atoms with Crippen molar-refractivity contribution in [1.82, 2.24) is 8.75 Å². The Balaban J connectivity index is 2.28. The summed E-state index contributed by atoms with van der Waals surface area (Å²) < 4.78 is 13.3. The minimum atomic E-state index is -0.122. The molecule has 0 fully saturated rings. The molecule has 0 saturated carbocycles. The van der Waals surface area contributed by atoms with Crippen LogP contribution in [0.1, 0.15) is 17.3 Å². The van der Waals surface area contributed by atoms with Crippen LogP contribution in [0, 0.1) is 0 Å². The lowest BCUT2D eigenvalue weighted by Crippen LogP contribution is -1.98. The number of carbonyl (C=O) groups is 1. The van der Waals surface area contributed by atoms with Crippen LogP contribution in [-0.4, -0.2) is 26.7 Å². The number of aromatic hydroxyl groups is 1. The van der Waals surface area contributed by atoms with E-state index >= 15 is 0 Å². The average Bonchev–Trinajstić information content (AvgIpc) is 2.80. The van der Waals surface area contributed by atoms with E-state index in [9.17, 15) is 9.90 Å². The molecule has 7 heteroatoms. The molecule has 18 heavy (non-hydrogen) atoms. The van der Waals surface area contributed by atoms with Gasteiger partial charge < -0.3 is 15.2 Å². The fourth-order valence-corrected chi connectivity index (χ4v) is 1.83. The molecule has 2 rings (SSSR count). The van der Waals surface area contributed by atoms with Crippen LogP contribution in [0.3, 0.4) is 0 Å². The Morgan fingerprint density at radius 1 is 1.50 bits per heavy atom. The highest BCUT2D eigenvalue weighted by molar-refractivity contribution is 6.99. The van der Waals surface area contributed by atoms with E-state index in [0.717, 1.165) is 11.7 Å². The maximum Gasteiger partial charge on any atom is 0.271 e. The Morgan fingerprint density at radius 3 is 3.06 bits per heavy atom. The molecular weight excluding hydrogens is 254 g/mol.